The molecule has 0 aromatic carbocycles. The fraction of sp³-hybridized carbons (Fsp3) is 0.782. The van der Waals surface area contributed by atoms with Gasteiger partial charge in [0.15, 0.2) is 0 Å². The molecule has 141 heavy (non-hydrogen) atoms. The van der Waals surface area contributed by atoms with Crippen LogP contribution in [0.4, 0.5) is 19.2 Å². The van der Waals surface area contributed by atoms with Crippen LogP contribution in [0, 0.1) is 90.2 Å². The van der Waals surface area contributed by atoms with Gasteiger partial charge < -0.3 is 93.7 Å². The number of nitrogens with zero attached hydrogens (tertiary/aromatic N) is 6. The smallest absolute Gasteiger partial charge is 0.409 e. The molecule has 14 N–H and O–H groups in total. The number of carbonyl (C=O) groups is 20. The highest BCUT2D eigenvalue weighted by molar-refractivity contribution is 6.39. The molecule has 0 spiro atoms. The van der Waals surface area contributed by atoms with E-state index in [2.05, 4.69) is 73.6 Å². The van der Waals surface area contributed by atoms with Gasteiger partial charge in [-0.2, -0.15) is 0 Å². The van der Waals surface area contributed by atoms with Gasteiger partial charge in [-0.25, -0.2) is 19.2 Å². The van der Waals surface area contributed by atoms with Crippen LogP contribution in [0.15, 0.2) is 12.7 Å². The summed E-state index contributed by atoms with van der Waals surface area (Å²) in [5.41, 5.74) is 6.18. The van der Waals surface area contributed by atoms with Gasteiger partial charge in [0.2, 0.25) is 64.6 Å². The van der Waals surface area contributed by atoms with Crippen LogP contribution < -0.4 is 64.6 Å². The van der Waals surface area contributed by atoms with Crippen LogP contribution in [0.3, 0.4) is 0 Å². The Bertz CT molecular complexity index is 4700. The molecule has 10 aliphatic rings. The van der Waals surface area contributed by atoms with Gasteiger partial charge in [0, 0.05) is 65.2 Å². The van der Waals surface area contributed by atoms with Crippen LogP contribution >= 0.6 is 0 Å². The van der Waals surface area contributed by atoms with Gasteiger partial charge in [-0.1, -0.05) is 231 Å². The van der Waals surface area contributed by atoms with Crippen molar-refractivity contribution in [3.63, 3.8) is 0 Å². The van der Waals surface area contributed by atoms with E-state index in [4.69, 9.17) is 20.9 Å². The standard InChI is InChI=1S/C36H58N6O7.C33H54N6O7.C32H52N6O8/c1-11-13-15-22(28(45)31(47)37-18-12-2)38-30(46)27-26-21(36(26,9)10)19-42(27)32(48)29(35(6,7)8)40-33(49)39-23(34(3,4)5)20-41-24(43)16-14-17-25(41)44;1-31(2,3)21(17-38-13-10-14-46-30(38)45)36-29(44)37-25(32(4,5)6)28(43)39-16-19-22(33(19,7)8)23(39)27(42)35-20(24(40)26(34)41)15-18-11-9-12-18;1-10-11-12-18(24(41)26(33)42)34-27(43)23-22-17(32(22,8)9)13-38(23)28(44)25(31(5,6)7)36-29(45)35-19(30(2,3)4)14-37-20(39)15-46-16-21(37)40/h12,21-23,26-27,29H,2,11,13-20H2,1,3-10H3,(H,37,47)(H,38,46)(H2,39,40,49);18-23,25H,9-17H2,1-8H3,(H2,34,41)(H,35,42)(H2,36,37,44);17-19,22-23,25H,10-16H2,1-9H3,(H2,33,42)(H,34,43)(H2,35,36,45)/t21-,22?,23+,26-,27-,29+;19-,20?,21+,22-,23-,25+;17-,18?,19+,22-,23-,25+/m000/s1. The highest BCUT2D eigenvalue weighted by Crippen LogP contribution is 2.67. The molecule has 790 valence electrons. The van der Waals surface area contributed by atoms with Crippen LogP contribution in [-0.4, -0.2) is 292 Å². The minimum Gasteiger partial charge on any atom is -0.449 e. The number of nitrogens with one attached hydrogen (secondary N) is 10. The first-order valence-corrected chi connectivity index (χ1v) is 50.3. The molecule has 6 aliphatic heterocycles. The van der Waals surface area contributed by atoms with Crippen LogP contribution in [0.2, 0.25) is 0 Å². The maximum atomic E-state index is 14.4. The lowest BCUT2D eigenvalue weighted by Gasteiger charge is -2.39. The van der Waals surface area contributed by atoms with Crippen LogP contribution in [0.1, 0.15) is 270 Å². The minimum absolute atomic E-state index is 0.0130. The van der Waals surface area contributed by atoms with Gasteiger partial charge in [-0.15, -0.1) is 6.58 Å². The van der Waals surface area contributed by atoms with Crippen molar-refractivity contribution in [2.45, 2.75) is 342 Å². The molecule has 40 heteroatoms. The first-order valence-electron chi connectivity index (χ1n) is 50.3. The average Bonchev–Trinajstić information content (AvgIpc) is 1.53. The van der Waals surface area contributed by atoms with Gasteiger partial charge in [-0.05, 0) is 122 Å². The highest BCUT2D eigenvalue weighted by Gasteiger charge is 2.73. The first-order chi connectivity index (χ1) is 65.0. The zero-order chi connectivity index (χ0) is 106. The van der Waals surface area contributed by atoms with E-state index in [-0.39, 0.29) is 135 Å². The molecular formula is C101H164N18O22. The molecule has 10 fully saturated rings. The van der Waals surface area contributed by atoms with E-state index in [1.54, 1.807) is 25.7 Å². The van der Waals surface area contributed by atoms with Gasteiger partial charge in [0.05, 0.1) is 42.9 Å². The molecule has 0 bridgehead atoms. The molecule has 10 rings (SSSR count). The normalized spacial score (nSPS) is 24.6. The Labute approximate surface area is 831 Å². The number of likely N-dealkylation sites (tertiary alicyclic amines) is 4. The number of ether oxygens (including phenoxy) is 2. The van der Waals surface area contributed by atoms with Gasteiger partial charge >= 0.3 is 24.2 Å². The van der Waals surface area contributed by atoms with E-state index in [0.29, 0.717) is 64.9 Å². The third kappa shape index (κ3) is 28.3. The maximum Gasteiger partial charge on any atom is 0.409 e. The highest BCUT2D eigenvalue weighted by atomic mass is 16.6. The lowest BCUT2D eigenvalue weighted by atomic mass is 9.80. The number of nitrogens with two attached hydrogens (primary N) is 2. The van der Waals surface area contributed by atoms with Crippen molar-refractivity contribution in [1.29, 1.82) is 0 Å². The summed E-state index contributed by atoms with van der Waals surface area (Å²) in [6, 6.07) is -12.5. The third-order valence-electron chi connectivity index (χ3n) is 30.6. The number of fused-ring (bicyclic) bond motifs is 3. The van der Waals surface area contributed by atoms with Crippen molar-refractivity contribution in [3.05, 3.63) is 12.7 Å². The number of rotatable bonds is 37. The van der Waals surface area contributed by atoms with Crippen molar-refractivity contribution in [2.24, 2.45) is 102 Å². The van der Waals surface area contributed by atoms with Gasteiger partial charge in [0.1, 0.15) is 49.5 Å². The Balaban J connectivity index is 0.000000259. The number of imide groups is 2. The van der Waals surface area contributed by atoms with Crippen molar-refractivity contribution < 1.29 is 105 Å². The molecule has 40 nitrogen and oxygen atoms in total. The summed E-state index contributed by atoms with van der Waals surface area (Å²) in [6.45, 7) is 54.9. The predicted octanol–water partition coefficient (Wildman–Crippen LogP) is 5.57. The molecule has 3 unspecified atom stereocenters. The van der Waals surface area contributed by atoms with E-state index >= 15 is 0 Å². The number of ketones is 3. The molecule has 0 aromatic rings. The number of cyclic esters (lactones) is 1. The van der Waals surface area contributed by atoms with E-state index in [0.717, 1.165) is 37.0 Å². The lowest BCUT2D eigenvalue weighted by molar-refractivity contribution is -0.159. The summed E-state index contributed by atoms with van der Waals surface area (Å²) in [4.78, 5) is 270. The molecular weight excluding hydrogens is 1820 g/mol. The zero-order valence-electron chi connectivity index (χ0n) is 88.3. The Morgan fingerprint density at radius 1 is 0.433 bits per heavy atom. The van der Waals surface area contributed by atoms with Gasteiger partial charge in [0.25, 0.3) is 29.5 Å². The zero-order valence-corrected chi connectivity index (χ0v) is 88.3. The summed E-state index contributed by atoms with van der Waals surface area (Å²) in [7, 11) is 0. The topological polar surface area (TPSA) is 552 Å². The Kier molecular flexibility index (Phi) is 37.3. The predicted molar refractivity (Wildman–Crippen MR) is 522 cm³/mol. The molecule has 0 radical (unpaired) electrons. The number of urea groups is 3. The average molecular weight is 1980 g/mol. The lowest BCUT2D eigenvalue weighted by Crippen LogP contribution is -2.63. The van der Waals surface area contributed by atoms with Crippen molar-refractivity contribution in [3.8, 4) is 0 Å². The number of Topliss-reactive ketones (excluding diaryl/α,β-unsaturated/α-hetero) is 3. The maximum absolute atomic E-state index is 14.4. The second-order valence-corrected chi connectivity index (χ2v) is 48.6. The molecule has 18 atom stereocenters. The largest absolute Gasteiger partial charge is 0.449 e. The molecule has 4 saturated carbocycles. The molecule has 0 aromatic heterocycles. The Morgan fingerprint density at radius 2 is 0.766 bits per heavy atom. The molecule has 6 saturated heterocycles. The number of hydrogen-bond acceptors (Lipinski definition) is 22. The number of carbonyl (C=O) groups excluding carboxylic acids is 20. The molecule has 4 aliphatic carbocycles. The van der Waals surface area contributed by atoms with Crippen LogP contribution in [0.25, 0.3) is 0 Å². The number of hydrogen-bond donors (Lipinski definition) is 12. The minimum atomic E-state index is -1.13. The first kappa shape index (κ1) is 116. The Morgan fingerprint density at radius 3 is 1.08 bits per heavy atom. The number of primary amides is 2. The fourth-order valence-corrected chi connectivity index (χ4v) is 20.7. The number of morpholine rings is 1. The van der Waals surface area contributed by atoms with E-state index in [1.165, 1.54) is 25.7 Å². The van der Waals surface area contributed by atoms with Gasteiger partial charge in [-0.3, -0.25) is 86.5 Å². The third-order valence-corrected chi connectivity index (χ3v) is 30.6. The second-order valence-electron chi connectivity index (χ2n) is 48.6. The Hall–Kier alpha value is -10.7. The molecule has 6 heterocycles. The van der Waals surface area contributed by atoms with Crippen LogP contribution in [0.5, 0.6) is 0 Å². The SMILES string of the molecule is C=CCNC(=O)C(=O)C(CCCC)NC(=O)[C@@H]1[C@@H]2[C@H](CN1C(=O)[C@@H](NC(=O)N[C@H](CN1C(=O)CCCC1=O)C(C)(C)C)C(C)(C)C)C2(C)C.CC(C)(C)[C@H](NC(=O)N[C@H](CN1CCCOC1=O)C(C)(C)C)C(=O)N1C[C@H]2[C@@H]([C@H]1C(=O)NC(CC1CCC1)C(=O)C(N)=O)C2(C)C.CCCCC(NC(=O)[C@@H]1[C@@H]2[C@H](CN1C(=O)[C@@H](NC(=O)N[C@H](CN1C(=O)COCC1=O)C(C)(C)C)C(C)(C)C)C2(C)C)C(=O)C(N)=O. The van der Waals surface area contributed by atoms with Crippen molar-refractivity contribution >= 4 is 118 Å². The molecule has 20 amide bonds. The number of piperidine rings is 4. The number of unbranched alkanes of at least 4 members (excludes halogenated alkanes) is 2. The van der Waals surface area contributed by atoms with E-state index < -0.39 is 212 Å². The van der Waals surface area contributed by atoms with Crippen molar-refractivity contribution in [2.75, 3.05) is 72.2 Å². The fourth-order valence-electron chi connectivity index (χ4n) is 20.7. The van der Waals surface area contributed by atoms with E-state index in [9.17, 15) is 95.9 Å². The monoisotopic (exact) mass is 1980 g/mol. The van der Waals surface area contributed by atoms with E-state index in [1.807, 2.05) is 145 Å². The summed E-state index contributed by atoms with van der Waals surface area (Å²) in [6.07, 6.45) is 9.21. The summed E-state index contributed by atoms with van der Waals surface area (Å²) < 4.78 is 10.2. The van der Waals surface area contributed by atoms with Crippen LogP contribution in [-0.2, 0) is 86.2 Å². The second kappa shape index (κ2) is 45.5. The van der Waals surface area contributed by atoms with Crippen molar-refractivity contribution in [1.82, 2.24) is 82.6 Å². The summed E-state index contributed by atoms with van der Waals surface area (Å²) in [5, 5.41) is 28.1. The summed E-state index contributed by atoms with van der Waals surface area (Å²) >= 11 is 0. The number of amides is 20. The quantitative estimate of drug-likeness (QED) is 0.0205. The summed E-state index contributed by atoms with van der Waals surface area (Å²) in [5.74, 6) is -9.92.